The molecule has 3 atom stereocenters. The minimum absolute atomic E-state index is 0.0757. The van der Waals surface area contributed by atoms with E-state index in [1.807, 2.05) is 4.90 Å². The normalized spacial score (nSPS) is 31.6. The fourth-order valence-electron chi connectivity index (χ4n) is 3.56. The maximum Gasteiger partial charge on any atom is 0.322 e. The quantitative estimate of drug-likeness (QED) is 0.704. The summed E-state index contributed by atoms with van der Waals surface area (Å²) in [6.07, 6.45) is 1.92. The molecular weight excluding hydrogens is 262 g/mol. The average molecular weight is 283 g/mol. The molecule has 2 aliphatic heterocycles. The summed E-state index contributed by atoms with van der Waals surface area (Å²) in [6, 6.07) is -0.539. The molecule has 112 valence electrons. The first kappa shape index (κ1) is 15.0. The van der Waals surface area contributed by atoms with Gasteiger partial charge in [0, 0.05) is 24.9 Å². The summed E-state index contributed by atoms with van der Waals surface area (Å²) in [5.74, 6) is -0.494. The van der Waals surface area contributed by atoms with E-state index in [1.165, 1.54) is 14.2 Å². The number of carbonyl (C=O) groups is 3. The van der Waals surface area contributed by atoms with Crippen LogP contribution in [0.5, 0.6) is 0 Å². The topological polar surface area (TPSA) is 72.9 Å². The summed E-state index contributed by atoms with van der Waals surface area (Å²) < 4.78 is 9.61. The molecule has 3 unspecified atom stereocenters. The number of methoxy groups -OCH3 is 2. The molecule has 2 fully saturated rings. The van der Waals surface area contributed by atoms with Crippen molar-refractivity contribution in [1.82, 2.24) is 4.90 Å². The van der Waals surface area contributed by atoms with E-state index >= 15 is 0 Å². The first-order chi connectivity index (χ1) is 9.47. The van der Waals surface area contributed by atoms with Crippen LogP contribution < -0.4 is 0 Å². The third-order valence-corrected chi connectivity index (χ3v) is 4.41. The molecule has 2 bridgehead atoms. The van der Waals surface area contributed by atoms with Crippen LogP contribution in [0.4, 0.5) is 0 Å². The minimum Gasteiger partial charge on any atom is -0.469 e. The van der Waals surface area contributed by atoms with Gasteiger partial charge in [-0.25, -0.2) is 0 Å². The smallest absolute Gasteiger partial charge is 0.322 e. The summed E-state index contributed by atoms with van der Waals surface area (Å²) in [6.45, 7) is 1.79. The van der Waals surface area contributed by atoms with E-state index in [2.05, 4.69) is 0 Å². The van der Waals surface area contributed by atoms with Gasteiger partial charge in [-0.3, -0.25) is 19.3 Å². The zero-order valence-corrected chi connectivity index (χ0v) is 12.1. The fourth-order valence-corrected chi connectivity index (χ4v) is 3.56. The molecule has 2 heterocycles. The van der Waals surface area contributed by atoms with Crippen LogP contribution in [0.15, 0.2) is 0 Å². The number of rotatable bonds is 3. The Morgan fingerprint density at radius 2 is 1.70 bits per heavy atom. The van der Waals surface area contributed by atoms with Crippen LogP contribution in [0.1, 0.15) is 32.6 Å². The molecule has 0 saturated carbocycles. The van der Waals surface area contributed by atoms with Crippen molar-refractivity contribution >= 4 is 17.7 Å². The van der Waals surface area contributed by atoms with E-state index in [0.717, 1.165) is 0 Å². The molecule has 0 aliphatic carbocycles. The predicted octanol–water partition coefficient (Wildman–Crippen LogP) is 0.533. The average Bonchev–Trinajstić information content (AvgIpc) is 2.43. The molecule has 0 N–H and O–H groups in total. The maximum absolute atomic E-state index is 11.8. The molecule has 0 radical (unpaired) electrons. The van der Waals surface area contributed by atoms with Gasteiger partial charge in [-0.15, -0.1) is 0 Å². The van der Waals surface area contributed by atoms with Crippen molar-refractivity contribution in [3.63, 3.8) is 0 Å². The second-order valence-electron chi connectivity index (χ2n) is 5.59. The summed E-state index contributed by atoms with van der Waals surface area (Å²) in [7, 11) is 2.74. The van der Waals surface area contributed by atoms with Crippen LogP contribution in [0.3, 0.4) is 0 Å². The summed E-state index contributed by atoms with van der Waals surface area (Å²) >= 11 is 0. The number of ketones is 1. The van der Waals surface area contributed by atoms with Crippen molar-refractivity contribution < 1.29 is 23.9 Å². The third kappa shape index (κ3) is 2.70. The van der Waals surface area contributed by atoms with E-state index in [1.54, 1.807) is 6.92 Å². The van der Waals surface area contributed by atoms with Crippen molar-refractivity contribution in [1.29, 1.82) is 0 Å². The number of ether oxygens (including phenoxy) is 2. The van der Waals surface area contributed by atoms with E-state index < -0.39 is 0 Å². The Kier molecular flexibility index (Phi) is 4.42. The second kappa shape index (κ2) is 5.91. The number of piperidine rings is 2. The highest BCUT2D eigenvalue weighted by Crippen LogP contribution is 2.37. The van der Waals surface area contributed by atoms with Crippen LogP contribution in [-0.4, -0.2) is 55.0 Å². The first-order valence-corrected chi connectivity index (χ1v) is 6.92. The Labute approximate surface area is 118 Å². The number of hydrogen-bond donors (Lipinski definition) is 0. The molecule has 0 aromatic heterocycles. The lowest BCUT2D eigenvalue weighted by Crippen LogP contribution is -2.60. The molecule has 6 heteroatoms. The fraction of sp³-hybridized carbons (Fsp3) is 0.786. The van der Waals surface area contributed by atoms with E-state index in [0.29, 0.717) is 25.7 Å². The van der Waals surface area contributed by atoms with Gasteiger partial charge in [0.25, 0.3) is 0 Å². The lowest BCUT2D eigenvalue weighted by atomic mass is 9.77. The standard InChI is InChI=1S/C14H21NO5/c1-8(13(17)19-2)15-10-4-9(14(18)20-3)5-11(15)7-12(16)6-10/h8-11H,4-7H2,1-3H3. The highest BCUT2D eigenvalue weighted by molar-refractivity contribution is 5.82. The van der Waals surface area contributed by atoms with Gasteiger partial charge in [0.2, 0.25) is 0 Å². The minimum atomic E-state index is -0.387. The van der Waals surface area contributed by atoms with Gasteiger partial charge in [0.15, 0.2) is 0 Å². The number of carbonyl (C=O) groups excluding carboxylic acids is 3. The molecule has 2 aliphatic rings. The third-order valence-electron chi connectivity index (χ3n) is 4.41. The monoisotopic (exact) mass is 283 g/mol. The van der Waals surface area contributed by atoms with Crippen molar-refractivity contribution in [2.75, 3.05) is 14.2 Å². The number of Topliss-reactive ketones (excluding diaryl/α,β-unsaturated/α-hetero) is 1. The zero-order chi connectivity index (χ0) is 14.9. The molecule has 0 aromatic rings. The van der Waals surface area contributed by atoms with Crippen LogP contribution in [0.2, 0.25) is 0 Å². The number of esters is 2. The van der Waals surface area contributed by atoms with Crippen molar-refractivity contribution in [2.45, 2.75) is 50.7 Å². The van der Waals surface area contributed by atoms with Gasteiger partial charge in [-0.05, 0) is 19.8 Å². The van der Waals surface area contributed by atoms with Gasteiger partial charge < -0.3 is 9.47 Å². The predicted molar refractivity (Wildman–Crippen MR) is 69.9 cm³/mol. The molecular formula is C14H21NO5. The Morgan fingerprint density at radius 1 is 1.15 bits per heavy atom. The number of nitrogens with zero attached hydrogens (tertiary/aromatic N) is 1. The lowest BCUT2D eigenvalue weighted by molar-refractivity contribution is -0.159. The molecule has 2 saturated heterocycles. The van der Waals surface area contributed by atoms with Crippen molar-refractivity contribution in [3.8, 4) is 0 Å². The number of fused-ring (bicyclic) bond motifs is 2. The summed E-state index contributed by atoms with van der Waals surface area (Å²) in [4.78, 5) is 37.3. The Hall–Kier alpha value is -1.43. The van der Waals surface area contributed by atoms with Gasteiger partial charge >= 0.3 is 11.9 Å². The molecule has 0 amide bonds. The summed E-state index contributed by atoms with van der Waals surface area (Å²) in [5, 5.41) is 0. The SMILES string of the molecule is COC(=O)C1CC2CC(=O)CC(C1)N2C(C)C(=O)OC. The largest absolute Gasteiger partial charge is 0.469 e. The highest BCUT2D eigenvalue weighted by Gasteiger charge is 2.46. The zero-order valence-electron chi connectivity index (χ0n) is 12.1. The van der Waals surface area contributed by atoms with Crippen LogP contribution in [-0.2, 0) is 23.9 Å². The Morgan fingerprint density at radius 3 is 2.15 bits per heavy atom. The maximum atomic E-state index is 11.8. The van der Waals surface area contributed by atoms with Gasteiger partial charge in [0.05, 0.1) is 20.1 Å². The molecule has 0 spiro atoms. The van der Waals surface area contributed by atoms with Crippen LogP contribution >= 0.6 is 0 Å². The molecule has 0 aromatic carbocycles. The lowest BCUT2D eigenvalue weighted by Gasteiger charge is -2.49. The van der Waals surface area contributed by atoms with Gasteiger partial charge in [0.1, 0.15) is 11.8 Å². The van der Waals surface area contributed by atoms with Crippen LogP contribution in [0, 0.1) is 5.92 Å². The second-order valence-corrected chi connectivity index (χ2v) is 5.59. The molecule has 20 heavy (non-hydrogen) atoms. The number of hydrogen-bond acceptors (Lipinski definition) is 6. The van der Waals surface area contributed by atoms with Crippen molar-refractivity contribution in [3.05, 3.63) is 0 Å². The highest BCUT2D eigenvalue weighted by atomic mass is 16.5. The Bertz CT molecular complexity index is 404. The van der Waals surface area contributed by atoms with E-state index in [-0.39, 0.29) is 41.8 Å². The van der Waals surface area contributed by atoms with Gasteiger partial charge in [-0.2, -0.15) is 0 Å². The molecule has 6 nitrogen and oxygen atoms in total. The summed E-state index contributed by atoms with van der Waals surface area (Å²) in [5.41, 5.74) is 0. The molecule has 2 rings (SSSR count). The van der Waals surface area contributed by atoms with E-state index in [4.69, 9.17) is 9.47 Å². The van der Waals surface area contributed by atoms with Crippen molar-refractivity contribution in [2.24, 2.45) is 5.92 Å². The first-order valence-electron chi connectivity index (χ1n) is 6.92. The van der Waals surface area contributed by atoms with E-state index in [9.17, 15) is 14.4 Å². The van der Waals surface area contributed by atoms with Crippen LogP contribution in [0.25, 0.3) is 0 Å². The van der Waals surface area contributed by atoms with Gasteiger partial charge in [-0.1, -0.05) is 0 Å². The Balaban J connectivity index is 2.18.